The van der Waals surface area contributed by atoms with Crippen LogP contribution in [0.1, 0.15) is 37.4 Å². The van der Waals surface area contributed by atoms with Crippen molar-refractivity contribution in [2.24, 2.45) is 0 Å². The van der Waals surface area contributed by atoms with Gasteiger partial charge >= 0.3 is 0 Å². The van der Waals surface area contributed by atoms with Gasteiger partial charge in [0, 0.05) is 39.2 Å². The van der Waals surface area contributed by atoms with Gasteiger partial charge in [0.05, 0.1) is 4.92 Å². The van der Waals surface area contributed by atoms with Crippen LogP contribution in [0.5, 0.6) is 0 Å². The van der Waals surface area contributed by atoms with E-state index in [1.807, 2.05) is 0 Å². The molecule has 0 radical (unpaired) electrons. The molecule has 2 aromatic carbocycles. The van der Waals surface area contributed by atoms with E-state index in [1.165, 1.54) is 12.1 Å². The fraction of sp³-hybridized carbons (Fsp3) is 0.0667. The molecule has 0 aliphatic heterocycles. The van der Waals surface area contributed by atoms with E-state index in [9.17, 15) is 19.7 Å². The molecule has 3 rings (SSSR count). The first kappa shape index (κ1) is 13.6. The van der Waals surface area contributed by atoms with Crippen LogP contribution in [0, 0.1) is 10.1 Å². The van der Waals surface area contributed by atoms with Gasteiger partial charge in [0.15, 0.2) is 11.6 Å². The second-order valence-electron chi connectivity index (χ2n) is 4.62. The molecule has 0 unspecified atom stereocenters. The highest BCUT2D eigenvalue weighted by molar-refractivity contribution is 9.08. The number of nitrogens with zero attached hydrogens (tertiary/aromatic N) is 1. The number of ketones is 2. The lowest BCUT2D eigenvalue weighted by atomic mass is 9.83. The highest BCUT2D eigenvalue weighted by Crippen LogP contribution is 2.32. The minimum atomic E-state index is -0.546. The first-order valence-corrected chi connectivity index (χ1v) is 7.22. The van der Waals surface area contributed by atoms with E-state index in [1.54, 1.807) is 24.3 Å². The van der Waals surface area contributed by atoms with Crippen molar-refractivity contribution in [3.8, 4) is 0 Å². The summed E-state index contributed by atoms with van der Waals surface area (Å²) in [5.41, 5.74) is 1.15. The van der Waals surface area contributed by atoms with E-state index >= 15 is 0 Å². The third kappa shape index (κ3) is 1.99. The maximum Gasteiger partial charge on any atom is 0.274 e. The summed E-state index contributed by atoms with van der Waals surface area (Å²) < 4.78 is 0. The van der Waals surface area contributed by atoms with Crippen LogP contribution in [0.2, 0.25) is 0 Å². The van der Waals surface area contributed by atoms with Gasteiger partial charge in [-0.1, -0.05) is 40.2 Å². The number of alkyl halides is 1. The molecule has 0 aromatic heterocycles. The van der Waals surface area contributed by atoms with Crippen LogP contribution >= 0.6 is 15.9 Å². The maximum absolute atomic E-state index is 12.5. The lowest BCUT2D eigenvalue weighted by Gasteiger charge is -2.17. The van der Waals surface area contributed by atoms with Gasteiger partial charge in [-0.15, -0.1) is 0 Å². The number of carbonyl (C=O) groups excluding carboxylic acids is 2. The summed E-state index contributed by atoms with van der Waals surface area (Å²) in [7, 11) is 0. The zero-order valence-electron chi connectivity index (χ0n) is 10.6. The Kier molecular flexibility index (Phi) is 3.17. The SMILES string of the molecule is O=C1c2ccccc2C(=O)c2cc([N+](=O)[O-])c(CBr)cc21. The van der Waals surface area contributed by atoms with Gasteiger partial charge in [0.1, 0.15) is 0 Å². The molecule has 0 fully saturated rings. The molecule has 0 saturated carbocycles. The van der Waals surface area contributed by atoms with E-state index < -0.39 is 4.92 Å². The zero-order valence-corrected chi connectivity index (χ0v) is 12.2. The highest BCUT2D eigenvalue weighted by atomic mass is 79.9. The number of rotatable bonds is 2. The molecule has 21 heavy (non-hydrogen) atoms. The van der Waals surface area contributed by atoms with Gasteiger partial charge in [-0.25, -0.2) is 0 Å². The van der Waals surface area contributed by atoms with Crippen LogP contribution in [0.15, 0.2) is 36.4 Å². The van der Waals surface area contributed by atoms with Gasteiger partial charge in [-0.05, 0) is 6.07 Å². The summed E-state index contributed by atoms with van der Waals surface area (Å²) in [6.45, 7) is 0. The standard InChI is InChI=1S/C15H8BrNO4/c16-7-8-5-11-12(6-13(8)17(20)21)15(19)10-4-2-1-3-9(10)14(11)18/h1-6H,7H2. The first-order chi connectivity index (χ1) is 10.0. The minimum Gasteiger partial charge on any atom is -0.289 e. The lowest BCUT2D eigenvalue weighted by Crippen LogP contribution is -2.21. The number of hydrogen-bond donors (Lipinski definition) is 0. The number of nitro benzene ring substituents is 1. The summed E-state index contributed by atoms with van der Waals surface area (Å²) in [6, 6.07) is 9.12. The molecule has 1 aliphatic rings. The quantitative estimate of drug-likeness (QED) is 0.405. The van der Waals surface area contributed by atoms with Crippen LogP contribution in [0.3, 0.4) is 0 Å². The van der Waals surface area contributed by atoms with Crippen LogP contribution in [0.25, 0.3) is 0 Å². The summed E-state index contributed by atoms with van der Waals surface area (Å²) >= 11 is 3.17. The number of carbonyl (C=O) groups is 2. The van der Waals surface area contributed by atoms with Crippen molar-refractivity contribution in [2.75, 3.05) is 0 Å². The Bertz CT molecular complexity index is 813. The molecule has 104 valence electrons. The molecule has 0 N–H and O–H groups in total. The Hall–Kier alpha value is -2.34. The van der Waals surface area contributed by atoms with Crippen molar-refractivity contribution >= 4 is 33.2 Å². The summed E-state index contributed by atoms with van der Waals surface area (Å²) in [4.78, 5) is 35.4. The predicted octanol–water partition coefficient (Wildman–Crippen LogP) is 3.27. The summed E-state index contributed by atoms with van der Waals surface area (Å²) in [5, 5.41) is 11.3. The van der Waals surface area contributed by atoms with Crippen LogP contribution in [0.4, 0.5) is 5.69 Å². The number of nitro groups is 1. The lowest BCUT2D eigenvalue weighted by molar-refractivity contribution is -0.385. The maximum atomic E-state index is 12.5. The molecular weight excluding hydrogens is 338 g/mol. The van der Waals surface area contributed by atoms with Gasteiger partial charge in [-0.3, -0.25) is 19.7 Å². The van der Waals surface area contributed by atoms with Crippen molar-refractivity contribution in [1.29, 1.82) is 0 Å². The van der Waals surface area contributed by atoms with E-state index in [-0.39, 0.29) is 39.3 Å². The molecule has 0 saturated heterocycles. The van der Waals surface area contributed by atoms with E-state index in [0.29, 0.717) is 11.1 Å². The van der Waals surface area contributed by atoms with Gasteiger partial charge in [0.2, 0.25) is 0 Å². The van der Waals surface area contributed by atoms with Crippen molar-refractivity contribution in [2.45, 2.75) is 5.33 Å². The van der Waals surface area contributed by atoms with Crippen LogP contribution in [-0.2, 0) is 5.33 Å². The van der Waals surface area contributed by atoms with Crippen molar-refractivity contribution in [3.63, 3.8) is 0 Å². The average molecular weight is 346 g/mol. The van der Waals surface area contributed by atoms with E-state index in [2.05, 4.69) is 15.9 Å². The number of halogens is 1. The normalized spacial score (nSPS) is 12.8. The molecule has 0 bridgehead atoms. The Morgan fingerprint density at radius 3 is 1.95 bits per heavy atom. The molecule has 2 aromatic rings. The molecule has 0 spiro atoms. The third-order valence-corrected chi connectivity index (χ3v) is 4.07. The first-order valence-electron chi connectivity index (χ1n) is 6.10. The van der Waals surface area contributed by atoms with Gasteiger partial charge < -0.3 is 0 Å². The van der Waals surface area contributed by atoms with Crippen molar-refractivity contribution in [1.82, 2.24) is 0 Å². The van der Waals surface area contributed by atoms with E-state index in [0.717, 1.165) is 0 Å². The van der Waals surface area contributed by atoms with Crippen molar-refractivity contribution in [3.05, 3.63) is 74.3 Å². The third-order valence-electron chi connectivity index (χ3n) is 3.47. The monoisotopic (exact) mass is 345 g/mol. The molecule has 0 amide bonds. The zero-order chi connectivity index (χ0) is 15.1. The Labute approximate surface area is 127 Å². The molecule has 5 nitrogen and oxygen atoms in total. The largest absolute Gasteiger partial charge is 0.289 e. The van der Waals surface area contributed by atoms with Crippen molar-refractivity contribution < 1.29 is 14.5 Å². The Balaban J connectivity index is 2.30. The summed E-state index contributed by atoms with van der Waals surface area (Å²) in [5.74, 6) is -0.637. The highest BCUT2D eigenvalue weighted by Gasteiger charge is 2.32. The fourth-order valence-electron chi connectivity index (χ4n) is 2.46. The molecule has 1 aliphatic carbocycles. The molecule has 0 heterocycles. The smallest absolute Gasteiger partial charge is 0.274 e. The fourth-order valence-corrected chi connectivity index (χ4v) is 2.90. The predicted molar refractivity (Wildman–Crippen MR) is 79.0 cm³/mol. The second kappa shape index (κ2) is 4.89. The number of fused-ring (bicyclic) bond motifs is 2. The van der Waals surface area contributed by atoms with E-state index in [4.69, 9.17) is 0 Å². The average Bonchev–Trinajstić information content (AvgIpc) is 2.51. The van der Waals surface area contributed by atoms with Gasteiger partial charge in [0.25, 0.3) is 5.69 Å². The Morgan fingerprint density at radius 2 is 1.48 bits per heavy atom. The van der Waals surface area contributed by atoms with Crippen LogP contribution in [-0.4, -0.2) is 16.5 Å². The minimum absolute atomic E-state index is 0.0927. The second-order valence-corrected chi connectivity index (χ2v) is 5.18. The molecule has 6 heteroatoms. The molecule has 0 atom stereocenters. The molecular formula is C15H8BrNO4. The summed E-state index contributed by atoms with van der Waals surface area (Å²) in [6.07, 6.45) is 0. The number of hydrogen-bond acceptors (Lipinski definition) is 4. The number of benzene rings is 2. The van der Waals surface area contributed by atoms with Gasteiger partial charge in [-0.2, -0.15) is 0 Å². The van der Waals surface area contributed by atoms with Crippen LogP contribution < -0.4 is 0 Å². The topological polar surface area (TPSA) is 77.3 Å². The Morgan fingerprint density at radius 1 is 0.952 bits per heavy atom.